The molecule has 10 nitrogen and oxygen atoms in total. The molecule has 2 N–H and O–H groups in total. The fourth-order valence-electron chi connectivity index (χ4n) is 9.32. The molecule has 0 unspecified atom stereocenters. The van der Waals surface area contributed by atoms with Crippen LogP contribution in [0.3, 0.4) is 0 Å². The van der Waals surface area contributed by atoms with Gasteiger partial charge in [0.2, 0.25) is 5.95 Å². The molecule has 4 atom stereocenters. The van der Waals surface area contributed by atoms with Crippen LogP contribution in [-0.4, -0.2) is 67.7 Å². The molecular weight excluding hydrogens is 909 g/mol. The standard InChI is InChI=1S/C54H61ClFN5O5Si2/c1-51(2,3)67(8,9)66-46-44(56)49(65-53(46,34-35-55)36-64-68(52(4,5)6,42-26-18-12-19-27-42)43-28-20-13-21-29-43)61-37-57-45-47(61)58-50(59-48(45)62)60-54(38-22-14-10-15-23-38,39-24-16-11-17-25-39)40-30-32-41(63-7)33-31-40/h10-35,37,44,46,49H,36H2,1-9H3,(H2,58,59,60,62)/b35-34+/t44-,46+,49-,53-/m1/s1. The summed E-state index contributed by atoms with van der Waals surface area (Å²) in [5.74, 6) is 0.808. The molecule has 68 heavy (non-hydrogen) atoms. The van der Waals surface area contributed by atoms with Crippen LogP contribution in [0.2, 0.25) is 23.2 Å². The molecule has 0 radical (unpaired) electrons. The van der Waals surface area contributed by atoms with Crippen molar-refractivity contribution in [1.82, 2.24) is 19.5 Å². The summed E-state index contributed by atoms with van der Waals surface area (Å²) in [6, 6.07) is 48.1. The number of rotatable bonds is 15. The number of anilines is 1. The first-order chi connectivity index (χ1) is 32.4. The Hall–Kier alpha value is -5.68. The highest BCUT2D eigenvalue weighted by molar-refractivity contribution is 6.99. The van der Waals surface area contributed by atoms with E-state index in [0.717, 1.165) is 27.1 Å². The molecular formula is C54H61ClFN5O5Si2. The Labute approximate surface area is 405 Å². The van der Waals surface area contributed by atoms with Crippen molar-refractivity contribution in [2.75, 3.05) is 19.0 Å². The number of methoxy groups -OCH3 is 1. The second-order valence-electron chi connectivity index (χ2n) is 20.0. The summed E-state index contributed by atoms with van der Waals surface area (Å²) in [4.78, 5) is 26.8. The lowest BCUT2D eigenvalue weighted by Crippen LogP contribution is -2.68. The number of halogens is 2. The van der Waals surface area contributed by atoms with E-state index in [-0.39, 0.29) is 28.8 Å². The normalized spacial score (nSPS) is 19.4. The van der Waals surface area contributed by atoms with Gasteiger partial charge in [-0.1, -0.05) is 187 Å². The van der Waals surface area contributed by atoms with Crippen molar-refractivity contribution in [2.24, 2.45) is 0 Å². The molecule has 7 aromatic rings. The summed E-state index contributed by atoms with van der Waals surface area (Å²) in [7, 11) is -4.33. The number of hydrogen-bond acceptors (Lipinski definition) is 8. The van der Waals surface area contributed by atoms with Crippen LogP contribution in [0.5, 0.6) is 5.75 Å². The number of alkyl halides is 1. The average Bonchev–Trinajstić information content (AvgIpc) is 3.87. The van der Waals surface area contributed by atoms with Gasteiger partial charge in [-0.25, -0.2) is 9.37 Å². The van der Waals surface area contributed by atoms with Crippen molar-refractivity contribution in [3.63, 3.8) is 0 Å². The van der Waals surface area contributed by atoms with E-state index in [1.807, 2.05) is 121 Å². The van der Waals surface area contributed by atoms with E-state index in [1.165, 1.54) is 16.4 Å². The van der Waals surface area contributed by atoms with Crippen molar-refractivity contribution < 1.29 is 22.7 Å². The first-order valence-corrected chi connectivity index (χ1v) is 28.2. The number of ether oxygens (including phenoxy) is 2. The van der Waals surface area contributed by atoms with Crippen LogP contribution >= 0.6 is 11.6 Å². The van der Waals surface area contributed by atoms with Crippen molar-refractivity contribution in [1.29, 1.82) is 0 Å². The molecule has 2 aromatic heterocycles. The molecule has 14 heteroatoms. The lowest BCUT2D eigenvalue weighted by Gasteiger charge is -2.46. The van der Waals surface area contributed by atoms with Crippen LogP contribution in [-0.2, 0) is 19.1 Å². The number of imidazole rings is 1. The summed E-state index contributed by atoms with van der Waals surface area (Å²) in [5, 5.41) is 5.06. The minimum Gasteiger partial charge on any atom is -0.497 e. The van der Waals surface area contributed by atoms with Crippen LogP contribution in [0.1, 0.15) is 64.5 Å². The largest absolute Gasteiger partial charge is 0.497 e. The van der Waals surface area contributed by atoms with Crippen molar-refractivity contribution in [2.45, 2.75) is 94.4 Å². The van der Waals surface area contributed by atoms with Gasteiger partial charge in [0.05, 0.1) is 20.0 Å². The monoisotopic (exact) mass is 969 g/mol. The highest BCUT2D eigenvalue weighted by Crippen LogP contribution is 2.49. The number of benzene rings is 5. The number of nitrogens with one attached hydrogen (secondary N) is 2. The van der Waals surface area contributed by atoms with Crippen LogP contribution in [0.25, 0.3) is 11.2 Å². The Kier molecular flexibility index (Phi) is 13.6. The van der Waals surface area contributed by atoms with Crippen molar-refractivity contribution >= 4 is 55.7 Å². The number of fused-ring (bicyclic) bond motifs is 1. The van der Waals surface area contributed by atoms with E-state index < -0.39 is 56.9 Å². The van der Waals surface area contributed by atoms with Crippen molar-refractivity contribution in [3.05, 3.63) is 191 Å². The first-order valence-electron chi connectivity index (χ1n) is 22.9. The zero-order valence-electron chi connectivity index (χ0n) is 40.2. The molecule has 3 heterocycles. The Morgan fingerprint density at radius 2 is 1.31 bits per heavy atom. The van der Waals surface area contributed by atoms with Crippen LogP contribution in [0.15, 0.2) is 168 Å². The zero-order valence-corrected chi connectivity index (χ0v) is 42.9. The predicted molar refractivity (Wildman–Crippen MR) is 276 cm³/mol. The van der Waals surface area contributed by atoms with Gasteiger partial charge in [0.15, 0.2) is 31.9 Å². The molecule has 0 amide bonds. The van der Waals surface area contributed by atoms with E-state index in [4.69, 9.17) is 34.9 Å². The van der Waals surface area contributed by atoms with E-state index in [2.05, 4.69) is 94.2 Å². The number of nitrogens with zero attached hydrogens (tertiary/aromatic N) is 3. The SMILES string of the molecule is COc1ccc(C(Nc2nc3c(ncn3[C@@H]3O[C@](/C=C/Cl)(CO[Si](c4ccccc4)(c4ccccc4)C(C)(C)C)[C@@H](O[Si](C)(C)C(C)(C)C)[C@H]3F)c(=O)[nH]2)(c2ccccc2)c2ccccc2)cc1. The molecule has 354 valence electrons. The molecule has 1 saturated heterocycles. The highest BCUT2D eigenvalue weighted by Gasteiger charge is 2.61. The van der Waals surface area contributed by atoms with Crippen molar-refractivity contribution in [3.8, 4) is 5.75 Å². The Balaban J connectivity index is 1.28. The second kappa shape index (κ2) is 19.0. The lowest BCUT2D eigenvalue weighted by atomic mass is 9.77. The second-order valence-corrected chi connectivity index (χ2v) is 29.3. The summed E-state index contributed by atoms with van der Waals surface area (Å²) >= 11 is 6.59. The molecule has 1 fully saturated rings. The maximum absolute atomic E-state index is 18.2. The first kappa shape index (κ1) is 48.8. The number of H-pyrrole nitrogens is 1. The Morgan fingerprint density at radius 3 is 1.79 bits per heavy atom. The average molecular weight is 971 g/mol. The van der Waals surface area contributed by atoms with Gasteiger partial charge in [0, 0.05) is 5.54 Å². The third-order valence-corrected chi connectivity index (χ3v) is 23.4. The highest BCUT2D eigenvalue weighted by atomic mass is 35.5. The summed E-state index contributed by atoms with van der Waals surface area (Å²) < 4.78 is 47.1. The molecule has 0 saturated carbocycles. The molecule has 0 bridgehead atoms. The number of aromatic amines is 1. The van der Waals surface area contributed by atoms with Gasteiger partial charge >= 0.3 is 0 Å². The van der Waals surface area contributed by atoms with Crippen LogP contribution in [0, 0.1) is 0 Å². The third kappa shape index (κ3) is 8.80. The Bertz CT molecular complexity index is 2810. The molecule has 8 rings (SSSR count). The summed E-state index contributed by atoms with van der Waals surface area (Å²) in [5.41, 5.74) is 0.904. The molecule has 0 aliphatic carbocycles. The molecule has 0 spiro atoms. The molecule has 1 aliphatic rings. The van der Waals surface area contributed by atoms with E-state index in [9.17, 15) is 4.79 Å². The van der Waals surface area contributed by atoms with Gasteiger partial charge < -0.3 is 23.6 Å². The Morgan fingerprint density at radius 1 is 0.794 bits per heavy atom. The summed E-state index contributed by atoms with van der Waals surface area (Å²) in [6.07, 6.45) is -1.31. The smallest absolute Gasteiger partial charge is 0.280 e. The van der Waals surface area contributed by atoms with E-state index in [1.54, 1.807) is 13.2 Å². The fourth-order valence-corrected chi connectivity index (χ4v) is 15.4. The van der Waals surface area contributed by atoms with E-state index in [0.29, 0.717) is 5.75 Å². The zero-order chi connectivity index (χ0) is 48.5. The number of aromatic nitrogens is 4. The third-order valence-electron chi connectivity index (χ3n) is 13.8. The lowest BCUT2D eigenvalue weighted by molar-refractivity contribution is -0.0906. The predicted octanol–water partition coefficient (Wildman–Crippen LogP) is 10.9. The number of hydrogen-bond donors (Lipinski definition) is 2. The topological polar surface area (TPSA) is 113 Å². The maximum Gasteiger partial charge on any atom is 0.280 e. The van der Waals surface area contributed by atoms with Crippen LogP contribution in [0.4, 0.5) is 10.3 Å². The minimum atomic E-state index is -3.21. The molecule has 1 aliphatic heterocycles. The minimum absolute atomic E-state index is 0.0108. The quantitative estimate of drug-likeness (QED) is 0.0772. The van der Waals surface area contributed by atoms with Gasteiger partial charge in [0.1, 0.15) is 23.0 Å². The van der Waals surface area contributed by atoms with Gasteiger partial charge in [0.25, 0.3) is 13.9 Å². The summed E-state index contributed by atoms with van der Waals surface area (Å²) in [6.45, 7) is 17.0. The van der Waals surface area contributed by atoms with Gasteiger partial charge in [-0.2, -0.15) is 4.98 Å². The van der Waals surface area contributed by atoms with Crippen LogP contribution < -0.4 is 26.0 Å². The fraction of sp³-hybridized carbons (Fsp3) is 0.315. The molecule has 5 aromatic carbocycles. The maximum atomic E-state index is 18.2. The van der Waals surface area contributed by atoms with Gasteiger partial charge in [-0.3, -0.25) is 14.3 Å². The van der Waals surface area contributed by atoms with Gasteiger partial charge in [-0.05, 0) is 68.4 Å². The van der Waals surface area contributed by atoms with Gasteiger partial charge in [-0.15, -0.1) is 0 Å². The van der Waals surface area contributed by atoms with E-state index >= 15 is 4.39 Å².